The van der Waals surface area contributed by atoms with Crippen LogP contribution in [-0.4, -0.2) is 24.0 Å². The summed E-state index contributed by atoms with van der Waals surface area (Å²) in [5.74, 6) is -0.199. The molecule has 0 aliphatic heterocycles. The zero-order chi connectivity index (χ0) is 20.0. The van der Waals surface area contributed by atoms with Crippen molar-refractivity contribution in [3.63, 3.8) is 0 Å². The summed E-state index contributed by atoms with van der Waals surface area (Å²) in [5, 5.41) is 10.5. The minimum Gasteiger partial charge on any atom is -0.506 e. The Balaban J connectivity index is 2.02. The Morgan fingerprint density at radius 1 is 1.19 bits per heavy atom. The molecule has 1 aromatic heterocycles. The molecule has 3 aromatic rings. The van der Waals surface area contributed by atoms with Crippen LogP contribution in [0.25, 0.3) is 11.1 Å². The van der Waals surface area contributed by atoms with Gasteiger partial charge in [-0.2, -0.15) is 21.6 Å². The highest BCUT2D eigenvalue weighted by molar-refractivity contribution is 7.99. The molecule has 0 atom stereocenters. The van der Waals surface area contributed by atoms with Crippen LogP contribution in [0.3, 0.4) is 0 Å². The van der Waals surface area contributed by atoms with Crippen molar-refractivity contribution in [1.82, 2.24) is 4.98 Å². The summed E-state index contributed by atoms with van der Waals surface area (Å²) in [6, 6.07) is 8.03. The zero-order valence-electron chi connectivity index (χ0n) is 14.0. The number of fused-ring (bicyclic) bond motifs is 1. The Hall–Kier alpha value is -2.40. The summed E-state index contributed by atoms with van der Waals surface area (Å²) in [5.41, 5.74) is -4.28. The highest BCUT2D eigenvalue weighted by Crippen LogP contribution is 2.41. The van der Waals surface area contributed by atoms with E-state index in [1.165, 1.54) is 18.6 Å². The van der Waals surface area contributed by atoms with Gasteiger partial charge in [-0.3, -0.25) is 4.72 Å². The molecule has 27 heavy (non-hydrogen) atoms. The summed E-state index contributed by atoms with van der Waals surface area (Å²) < 4.78 is 67.9. The normalized spacial score (nSPS) is 12.5. The van der Waals surface area contributed by atoms with Gasteiger partial charge in [0.2, 0.25) is 0 Å². The van der Waals surface area contributed by atoms with Crippen LogP contribution in [0.15, 0.2) is 44.9 Å². The van der Waals surface area contributed by atoms with Crippen molar-refractivity contribution in [1.29, 1.82) is 0 Å². The molecule has 0 saturated carbocycles. The second kappa shape index (κ2) is 6.64. The SMILES string of the molecule is Cc1c(NS(=O)(=O)C(F)(F)F)cc(Sc2nc3ccccc3o2)c(O)c1C. The van der Waals surface area contributed by atoms with Crippen molar-refractivity contribution in [2.75, 3.05) is 4.72 Å². The number of hydrogen-bond donors (Lipinski definition) is 2. The van der Waals surface area contributed by atoms with Gasteiger partial charge in [-0.1, -0.05) is 12.1 Å². The van der Waals surface area contributed by atoms with Crippen LogP contribution >= 0.6 is 11.8 Å². The van der Waals surface area contributed by atoms with Crippen LogP contribution in [0.2, 0.25) is 0 Å². The van der Waals surface area contributed by atoms with Crippen molar-refractivity contribution < 1.29 is 31.1 Å². The molecule has 0 fully saturated rings. The minimum atomic E-state index is -5.59. The largest absolute Gasteiger partial charge is 0.516 e. The van der Waals surface area contributed by atoms with Gasteiger partial charge in [0, 0.05) is 0 Å². The predicted molar refractivity (Wildman–Crippen MR) is 94.3 cm³/mol. The molecule has 0 spiro atoms. The maximum atomic E-state index is 12.7. The van der Waals surface area contributed by atoms with Crippen molar-refractivity contribution in [2.45, 2.75) is 29.5 Å². The summed E-state index contributed by atoms with van der Waals surface area (Å²) in [6.45, 7) is 2.86. The van der Waals surface area contributed by atoms with E-state index in [1.807, 2.05) is 0 Å². The number of benzene rings is 2. The highest BCUT2D eigenvalue weighted by atomic mass is 32.2. The van der Waals surface area contributed by atoms with Gasteiger partial charge in [0.05, 0.1) is 10.6 Å². The number of phenols is 1. The van der Waals surface area contributed by atoms with E-state index in [4.69, 9.17) is 4.42 Å². The third-order valence-electron chi connectivity index (χ3n) is 3.85. The number of anilines is 1. The summed E-state index contributed by atoms with van der Waals surface area (Å²) in [4.78, 5) is 4.31. The van der Waals surface area contributed by atoms with E-state index < -0.39 is 15.5 Å². The van der Waals surface area contributed by atoms with Crippen LogP contribution in [0.5, 0.6) is 5.75 Å². The molecule has 0 aliphatic carbocycles. The molecule has 11 heteroatoms. The van der Waals surface area contributed by atoms with Crippen LogP contribution < -0.4 is 4.72 Å². The van der Waals surface area contributed by atoms with Gasteiger partial charge in [0.15, 0.2) is 5.58 Å². The molecule has 1 heterocycles. The number of rotatable bonds is 4. The lowest BCUT2D eigenvalue weighted by molar-refractivity contribution is -0.0429. The van der Waals surface area contributed by atoms with Crippen molar-refractivity contribution >= 4 is 38.6 Å². The monoisotopic (exact) mass is 418 g/mol. The Labute approximate surface area is 156 Å². The number of oxazole rings is 1. The average molecular weight is 418 g/mol. The topological polar surface area (TPSA) is 92.4 Å². The van der Waals surface area contributed by atoms with Crippen LogP contribution in [0, 0.1) is 13.8 Å². The Morgan fingerprint density at radius 3 is 2.48 bits per heavy atom. The molecule has 3 rings (SSSR count). The molecular formula is C16H13F3N2O4S2. The number of nitrogens with one attached hydrogen (secondary N) is 1. The molecule has 2 N–H and O–H groups in total. The van der Waals surface area contributed by atoms with Gasteiger partial charge in [-0.05, 0) is 54.9 Å². The summed E-state index contributed by atoms with van der Waals surface area (Å²) in [7, 11) is -5.59. The second-order valence-electron chi connectivity index (χ2n) is 5.62. The summed E-state index contributed by atoms with van der Waals surface area (Å²) >= 11 is 0.867. The molecule has 144 valence electrons. The molecule has 0 saturated heterocycles. The Bertz CT molecular complexity index is 1090. The number of nitrogens with zero attached hydrogens (tertiary/aromatic N) is 1. The fraction of sp³-hybridized carbons (Fsp3) is 0.188. The Morgan fingerprint density at radius 2 is 1.85 bits per heavy atom. The standard InChI is InChI=1S/C16H13F3N2O4S2/c1-8-9(2)14(22)13(7-11(8)21-27(23,24)16(17,18)19)26-15-20-10-5-3-4-6-12(10)25-15/h3-7,21-22H,1-2H3. The van der Waals surface area contributed by atoms with Crippen LogP contribution in [-0.2, 0) is 10.0 Å². The smallest absolute Gasteiger partial charge is 0.506 e. The molecule has 0 radical (unpaired) electrons. The number of halogens is 3. The van der Waals surface area contributed by atoms with Crippen molar-refractivity contribution in [3.8, 4) is 5.75 Å². The lowest BCUT2D eigenvalue weighted by atomic mass is 10.1. The zero-order valence-corrected chi connectivity index (χ0v) is 15.6. The van der Waals surface area contributed by atoms with Gasteiger partial charge >= 0.3 is 15.5 Å². The lowest BCUT2D eigenvalue weighted by Crippen LogP contribution is -2.30. The van der Waals surface area contributed by atoms with Gasteiger partial charge in [0.25, 0.3) is 5.22 Å². The van der Waals surface area contributed by atoms with Crippen molar-refractivity contribution in [2.24, 2.45) is 0 Å². The number of aromatic hydroxyl groups is 1. The number of aromatic nitrogens is 1. The minimum absolute atomic E-state index is 0.101. The van der Waals surface area contributed by atoms with Gasteiger partial charge in [-0.15, -0.1) is 0 Å². The molecule has 2 aromatic carbocycles. The highest BCUT2D eigenvalue weighted by Gasteiger charge is 2.46. The van der Waals surface area contributed by atoms with E-state index in [9.17, 15) is 26.7 Å². The average Bonchev–Trinajstić information content (AvgIpc) is 2.98. The van der Waals surface area contributed by atoms with Gasteiger partial charge in [-0.25, -0.2) is 4.98 Å². The second-order valence-corrected chi connectivity index (χ2v) is 8.29. The lowest BCUT2D eigenvalue weighted by Gasteiger charge is -2.16. The Kier molecular flexibility index (Phi) is 4.76. The van der Waals surface area contributed by atoms with E-state index in [-0.39, 0.29) is 32.7 Å². The van der Waals surface area contributed by atoms with E-state index in [1.54, 1.807) is 24.3 Å². The molecule has 0 aliphatic rings. The first-order valence-electron chi connectivity index (χ1n) is 7.45. The first kappa shape index (κ1) is 19.4. The van der Waals surface area contributed by atoms with Crippen molar-refractivity contribution in [3.05, 3.63) is 41.5 Å². The van der Waals surface area contributed by atoms with Gasteiger partial charge < -0.3 is 9.52 Å². The number of para-hydroxylation sites is 2. The first-order valence-corrected chi connectivity index (χ1v) is 9.75. The predicted octanol–water partition coefficient (Wildman–Crippen LogP) is 4.56. The van der Waals surface area contributed by atoms with Gasteiger partial charge in [0.1, 0.15) is 11.3 Å². The quantitative estimate of drug-likeness (QED) is 0.604. The fourth-order valence-electron chi connectivity index (χ4n) is 2.25. The maximum absolute atomic E-state index is 12.7. The third kappa shape index (κ3) is 3.69. The van der Waals surface area contributed by atoms with E-state index in [2.05, 4.69) is 4.98 Å². The van der Waals surface area contributed by atoms with E-state index in [0.717, 1.165) is 17.8 Å². The summed E-state index contributed by atoms with van der Waals surface area (Å²) in [6.07, 6.45) is 0. The van der Waals surface area contributed by atoms with Crippen LogP contribution in [0.4, 0.5) is 18.9 Å². The molecule has 0 unspecified atom stereocenters. The number of phenolic OH excluding ortho intramolecular Hbond substituents is 1. The molecule has 0 bridgehead atoms. The third-order valence-corrected chi connectivity index (χ3v) is 5.83. The number of sulfonamides is 1. The number of hydrogen-bond acceptors (Lipinski definition) is 6. The maximum Gasteiger partial charge on any atom is 0.516 e. The van der Waals surface area contributed by atoms with E-state index in [0.29, 0.717) is 11.1 Å². The molecule has 0 amide bonds. The molecule has 6 nitrogen and oxygen atoms in total. The molecular weight excluding hydrogens is 405 g/mol. The number of alkyl halides is 3. The van der Waals surface area contributed by atoms with Crippen LogP contribution in [0.1, 0.15) is 11.1 Å². The van der Waals surface area contributed by atoms with E-state index >= 15 is 0 Å². The fourth-order valence-corrected chi connectivity index (χ4v) is 3.75. The first-order chi connectivity index (χ1) is 12.5.